The second-order valence-electron chi connectivity index (χ2n) is 7.47. The number of carbonyl (C=O) groups is 3. The molecule has 1 heterocycles. The molecule has 12 heteroatoms. The molecule has 1 aromatic carbocycles. The Morgan fingerprint density at radius 1 is 1.09 bits per heavy atom. The maximum Gasteiger partial charge on any atom is 0.339 e. The highest BCUT2D eigenvalue weighted by Gasteiger charge is 2.35. The van der Waals surface area contributed by atoms with Gasteiger partial charge in [0.2, 0.25) is 10.0 Å². The Bertz CT molecular complexity index is 1070. The first kappa shape index (κ1) is 26.8. The minimum Gasteiger partial charge on any atom is -0.465 e. The molecule has 1 aliphatic rings. The predicted molar refractivity (Wildman–Crippen MR) is 117 cm³/mol. The van der Waals surface area contributed by atoms with Crippen LogP contribution in [0.15, 0.2) is 29.2 Å². The second kappa shape index (κ2) is 12.7. The Morgan fingerprint density at radius 3 is 2.24 bits per heavy atom. The number of methoxy groups -OCH3 is 1. The summed E-state index contributed by atoms with van der Waals surface area (Å²) >= 11 is 0. The molecule has 0 atom stereocenters. The Morgan fingerprint density at radius 2 is 1.68 bits per heavy atom. The molecule has 0 bridgehead atoms. The van der Waals surface area contributed by atoms with Crippen LogP contribution in [-0.2, 0) is 29.1 Å². The summed E-state index contributed by atoms with van der Waals surface area (Å²) in [6, 6.07) is 9.60. The second-order valence-corrected chi connectivity index (χ2v) is 9.38. The molecular formula is C22H26N4O7S. The van der Waals surface area contributed by atoms with E-state index >= 15 is 0 Å². The zero-order chi connectivity index (χ0) is 25.1. The molecule has 0 aliphatic carbocycles. The van der Waals surface area contributed by atoms with Gasteiger partial charge in [0.15, 0.2) is 6.61 Å². The molecular weight excluding hydrogens is 464 g/mol. The number of nitriles is 2. The molecule has 0 spiro atoms. The molecule has 2 rings (SSSR count). The van der Waals surface area contributed by atoms with E-state index in [-0.39, 0.29) is 62.3 Å². The fraction of sp³-hybridized carbons (Fsp3) is 0.500. The number of carbonyl (C=O) groups excluding carboxylic acids is 3. The summed E-state index contributed by atoms with van der Waals surface area (Å²) in [6.45, 7) is -0.152. The standard InChI is InChI=1S/C22H26N4O7S/c1-32-22(29)18-6-2-3-7-19(18)34(30,31)26-14-8-17(9-15-26)21(28)33-16-20(27)25(12-4-10-23)13-5-11-24/h2-3,6-7,17H,4-5,8-9,12-16H2,1H3. The van der Waals surface area contributed by atoms with Gasteiger partial charge in [-0.05, 0) is 25.0 Å². The molecule has 1 saturated heterocycles. The Labute approximate surface area is 198 Å². The third-order valence-corrected chi connectivity index (χ3v) is 7.33. The molecule has 1 amide bonds. The van der Waals surface area contributed by atoms with Crippen LogP contribution in [0.2, 0.25) is 0 Å². The molecule has 1 aromatic rings. The Hall–Kier alpha value is -3.48. The van der Waals surface area contributed by atoms with Gasteiger partial charge < -0.3 is 14.4 Å². The van der Waals surface area contributed by atoms with Gasteiger partial charge >= 0.3 is 11.9 Å². The van der Waals surface area contributed by atoms with Gasteiger partial charge in [-0.1, -0.05) is 12.1 Å². The number of ether oxygens (including phenoxy) is 2. The quantitative estimate of drug-likeness (QED) is 0.437. The van der Waals surface area contributed by atoms with Crippen LogP contribution in [-0.4, -0.2) is 75.4 Å². The number of benzene rings is 1. The molecule has 0 saturated carbocycles. The SMILES string of the molecule is COC(=O)c1ccccc1S(=O)(=O)N1CCC(C(=O)OCC(=O)N(CCC#N)CCC#N)CC1. The molecule has 0 N–H and O–H groups in total. The lowest BCUT2D eigenvalue weighted by Gasteiger charge is -2.30. The van der Waals surface area contributed by atoms with Crippen LogP contribution in [0, 0.1) is 28.6 Å². The summed E-state index contributed by atoms with van der Waals surface area (Å²) in [5.41, 5.74) is -0.0672. The molecule has 1 fully saturated rings. The molecule has 1 aliphatic heterocycles. The molecule has 11 nitrogen and oxygen atoms in total. The maximum absolute atomic E-state index is 13.1. The predicted octanol–water partition coefficient (Wildman–Crippen LogP) is 1.07. The van der Waals surface area contributed by atoms with Crippen molar-refractivity contribution in [3.8, 4) is 12.1 Å². The van der Waals surface area contributed by atoms with Gasteiger partial charge in [-0.2, -0.15) is 14.8 Å². The van der Waals surface area contributed by atoms with E-state index < -0.39 is 40.4 Å². The third-order valence-electron chi connectivity index (χ3n) is 5.38. The van der Waals surface area contributed by atoms with E-state index in [0.29, 0.717) is 0 Å². The van der Waals surface area contributed by atoms with Crippen molar-refractivity contribution in [1.82, 2.24) is 9.21 Å². The molecule has 182 valence electrons. The molecule has 0 aromatic heterocycles. The van der Waals surface area contributed by atoms with Crippen molar-refractivity contribution in [1.29, 1.82) is 10.5 Å². The average molecular weight is 491 g/mol. The van der Waals surface area contributed by atoms with Gasteiger partial charge in [0.1, 0.15) is 0 Å². The van der Waals surface area contributed by atoms with Crippen LogP contribution in [0.4, 0.5) is 0 Å². The van der Waals surface area contributed by atoms with Crippen LogP contribution < -0.4 is 0 Å². The zero-order valence-corrected chi connectivity index (χ0v) is 19.6. The lowest BCUT2D eigenvalue weighted by atomic mass is 9.98. The molecule has 34 heavy (non-hydrogen) atoms. The van der Waals surface area contributed by atoms with Crippen molar-refractivity contribution < 1.29 is 32.3 Å². The van der Waals surface area contributed by atoms with Crippen LogP contribution in [0.25, 0.3) is 0 Å². The number of esters is 2. The van der Waals surface area contributed by atoms with Gasteiger partial charge in [-0.3, -0.25) is 9.59 Å². The average Bonchev–Trinajstić information content (AvgIpc) is 2.86. The van der Waals surface area contributed by atoms with E-state index in [9.17, 15) is 22.8 Å². The monoisotopic (exact) mass is 490 g/mol. The number of nitrogens with zero attached hydrogens (tertiary/aromatic N) is 4. The highest BCUT2D eigenvalue weighted by atomic mass is 32.2. The summed E-state index contributed by atoms with van der Waals surface area (Å²) in [4.78, 5) is 37.8. The highest BCUT2D eigenvalue weighted by Crippen LogP contribution is 2.27. The Balaban J connectivity index is 1.95. The van der Waals surface area contributed by atoms with Crippen LogP contribution >= 0.6 is 0 Å². The normalized spacial score (nSPS) is 14.4. The number of hydrogen-bond donors (Lipinski definition) is 0. The first-order chi connectivity index (χ1) is 16.3. The summed E-state index contributed by atoms with van der Waals surface area (Å²) < 4.78 is 37.1. The molecule has 0 radical (unpaired) electrons. The minimum absolute atomic E-state index is 0.0437. The van der Waals surface area contributed by atoms with Gasteiger partial charge in [0.25, 0.3) is 5.91 Å². The smallest absolute Gasteiger partial charge is 0.339 e. The van der Waals surface area contributed by atoms with E-state index in [1.807, 2.05) is 12.1 Å². The van der Waals surface area contributed by atoms with Gasteiger partial charge in [0.05, 0.1) is 48.5 Å². The summed E-state index contributed by atoms with van der Waals surface area (Å²) in [6.07, 6.45) is 0.576. The number of hydrogen-bond acceptors (Lipinski definition) is 9. The fourth-order valence-electron chi connectivity index (χ4n) is 3.51. The summed E-state index contributed by atoms with van der Waals surface area (Å²) in [5.74, 6) is -2.46. The lowest BCUT2D eigenvalue weighted by molar-refractivity contribution is -0.156. The topological polar surface area (TPSA) is 158 Å². The van der Waals surface area contributed by atoms with Crippen molar-refractivity contribution in [2.75, 3.05) is 39.9 Å². The van der Waals surface area contributed by atoms with Gasteiger partial charge in [-0.15, -0.1) is 0 Å². The van der Waals surface area contributed by atoms with E-state index in [2.05, 4.69) is 4.74 Å². The van der Waals surface area contributed by atoms with Crippen LogP contribution in [0.5, 0.6) is 0 Å². The largest absolute Gasteiger partial charge is 0.465 e. The maximum atomic E-state index is 13.1. The zero-order valence-electron chi connectivity index (χ0n) is 18.8. The van der Waals surface area contributed by atoms with Crippen molar-refractivity contribution in [2.24, 2.45) is 5.92 Å². The van der Waals surface area contributed by atoms with Crippen LogP contribution in [0.3, 0.4) is 0 Å². The summed E-state index contributed by atoms with van der Waals surface area (Å²) in [7, 11) is -2.82. The summed E-state index contributed by atoms with van der Waals surface area (Å²) in [5, 5.41) is 17.4. The van der Waals surface area contributed by atoms with E-state index in [4.69, 9.17) is 15.3 Å². The van der Waals surface area contributed by atoms with Gasteiger partial charge in [-0.25, -0.2) is 13.2 Å². The van der Waals surface area contributed by atoms with Gasteiger partial charge in [0, 0.05) is 26.2 Å². The number of amides is 1. The van der Waals surface area contributed by atoms with E-state index in [0.717, 1.165) is 0 Å². The number of sulfonamides is 1. The highest BCUT2D eigenvalue weighted by molar-refractivity contribution is 7.89. The number of piperidine rings is 1. The van der Waals surface area contributed by atoms with E-state index in [1.165, 1.54) is 40.6 Å². The Kier molecular flexibility index (Phi) is 9.98. The van der Waals surface area contributed by atoms with E-state index in [1.54, 1.807) is 0 Å². The van der Waals surface area contributed by atoms with Crippen molar-refractivity contribution in [3.63, 3.8) is 0 Å². The molecule has 0 unspecified atom stereocenters. The first-order valence-electron chi connectivity index (χ1n) is 10.6. The van der Waals surface area contributed by atoms with Crippen molar-refractivity contribution in [2.45, 2.75) is 30.6 Å². The van der Waals surface area contributed by atoms with Crippen molar-refractivity contribution >= 4 is 27.9 Å². The lowest BCUT2D eigenvalue weighted by Crippen LogP contribution is -2.42. The number of rotatable bonds is 10. The first-order valence-corrected chi connectivity index (χ1v) is 12.1. The fourth-order valence-corrected chi connectivity index (χ4v) is 5.16. The third kappa shape index (κ3) is 6.76. The van der Waals surface area contributed by atoms with Crippen LogP contribution in [0.1, 0.15) is 36.0 Å². The van der Waals surface area contributed by atoms with Crippen molar-refractivity contribution in [3.05, 3.63) is 29.8 Å². The minimum atomic E-state index is -3.98.